The molecule has 0 fully saturated rings. The Kier molecular flexibility index (Phi) is 8.90. The van der Waals surface area contributed by atoms with Crippen LogP contribution in [0.15, 0.2) is 40.1 Å². The fourth-order valence-corrected chi connectivity index (χ4v) is 5.42. The molecule has 2 rings (SSSR count). The van der Waals surface area contributed by atoms with Gasteiger partial charge in [0, 0.05) is 27.5 Å². The molecule has 2 aromatic carbocycles. The lowest BCUT2D eigenvalue weighted by molar-refractivity contribution is -0.385. The summed E-state index contributed by atoms with van der Waals surface area (Å²) in [6.07, 6.45) is -0.694. The first kappa shape index (κ1) is 24.5. The van der Waals surface area contributed by atoms with Gasteiger partial charge in [-0.1, -0.05) is 79.6 Å². The Hall–Kier alpha value is -0.740. The Morgan fingerprint density at radius 3 is 2.38 bits per heavy atom. The average Bonchev–Trinajstić information content (AvgIpc) is 2.64. The van der Waals surface area contributed by atoms with Crippen LogP contribution in [0.2, 0.25) is 10.0 Å². The number of carbonyl (C=O) groups excluding carboxylic acids is 1. The van der Waals surface area contributed by atoms with Gasteiger partial charge in [0.15, 0.2) is 0 Å². The van der Waals surface area contributed by atoms with Crippen molar-refractivity contribution in [2.45, 2.75) is 20.5 Å². The maximum absolute atomic E-state index is 11.8. The monoisotopic (exact) mass is 534 g/mol. The van der Waals surface area contributed by atoms with Crippen LogP contribution >= 0.6 is 79.6 Å². The molecule has 0 unspecified atom stereocenters. The lowest BCUT2D eigenvalue weighted by Gasteiger charge is -2.17. The van der Waals surface area contributed by atoms with Gasteiger partial charge >= 0.3 is 6.09 Å². The number of hydrogen-bond donors (Lipinski definition) is 1. The number of halogens is 5. The number of rotatable bonds is 6. The van der Waals surface area contributed by atoms with E-state index in [0.717, 1.165) is 10.8 Å². The number of carbonyl (C=O) groups is 1. The van der Waals surface area contributed by atoms with E-state index < -0.39 is 14.8 Å². The highest BCUT2D eigenvalue weighted by molar-refractivity contribution is 8.76. The molecule has 0 aromatic heterocycles. The van der Waals surface area contributed by atoms with E-state index in [1.807, 2.05) is 0 Å². The van der Waals surface area contributed by atoms with Crippen molar-refractivity contribution >= 4 is 97.1 Å². The van der Waals surface area contributed by atoms with Crippen LogP contribution in [0.4, 0.5) is 16.2 Å². The van der Waals surface area contributed by atoms with Crippen molar-refractivity contribution in [1.29, 1.82) is 0 Å². The molecule has 0 saturated carbocycles. The Morgan fingerprint density at radius 1 is 1.17 bits per heavy atom. The van der Waals surface area contributed by atoms with E-state index in [0.29, 0.717) is 9.79 Å². The van der Waals surface area contributed by atoms with Crippen molar-refractivity contribution in [2.24, 2.45) is 0 Å². The Labute approximate surface area is 199 Å². The van der Waals surface area contributed by atoms with Crippen molar-refractivity contribution in [3.05, 3.63) is 56.1 Å². The van der Waals surface area contributed by atoms with Crippen LogP contribution in [-0.2, 0) is 8.53 Å². The first-order chi connectivity index (χ1) is 13.5. The molecule has 0 aliphatic carbocycles. The Balaban J connectivity index is 2.36. The summed E-state index contributed by atoms with van der Waals surface area (Å²) in [5.41, 5.74) is 0.196. The summed E-state index contributed by atoms with van der Waals surface area (Å²) >= 11 is 30.2. The Morgan fingerprint density at radius 2 is 1.79 bits per heavy atom. The fraction of sp³-hybridized carbons (Fsp3) is 0.188. The maximum atomic E-state index is 11.8. The largest absolute Gasteiger partial charge is 0.450 e. The van der Waals surface area contributed by atoms with Gasteiger partial charge in [-0.2, -0.15) is 0 Å². The fourth-order valence-electron chi connectivity index (χ4n) is 2.00. The quantitative estimate of drug-likeness (QED) is 0.174. The second-order valence-electron chi connectivity index (χ2n) is 5.18. The molecule has 0 heterocycles. The molecule has 156 valence electrons. The first-order valence-corrected chi connectivity index (χ1v) is 11.7. The van der Waals surface area contributed by atoms with Gasteiger partial charge < -0.3 is 4.74 Å². The lowest BCUT2D eigenvalue weighted by atomic mass is 10.2. The summed E-state index contributed by atoms with van der Waals surface area (Å²) in [6, 6.07) is 7.18. The van der Waals surface area contributed by atoms with Gasteiger partial charge in [0.25, 0.3) is 5.69 Å². The highest BCUT2D eigenvalue weighted by Crippen LogP contribution is 2.50. The molecule has 1 N–H and O–H groups in total. The molecular weight excluding hydrogens is 526 g/mol. The minimum Gasteiger partial charge on any atom is -0.450 e. The number of nitro groups is 1. The van der Waals surface area contributed by atoms with Gasteiger partial charge in [0.2, 0.25) is 3.79 Å². The molecule has 0 radical (unpaired) electrons. The van der Waals surface area contributed by atoms with Crippen LogP contribution in [0, 0.1) is 10.1 Å². The Bertz CT molecular complexity index is 940. The van der Waals surface area contributed by atoms with Crippen LogP contribution in [0.25, 0.3) is 0 Å². The van der Waals surface area contributed by atoms with Gasteiger partial charge in [-0.15, -0.1) is 0 Å². The minimum atomic E-state index is -1.88. The molecule has 0 aliphatic rings. The predicted octanol–water partition coefficient (Wildman–Crippen LogP) is 8.10. The van der Waals surface area contributed by atoms with Gasteiger partial charge in [0.05, 0.1) is 27.3 Å². The summed E-state index contributed by atoms with van der Waals surface area (Å²) in [4.78, 5) is 23.3. The number of ether oxygens (including phenoxy) is 1. The molecule has 0 aliphatic heterocycles. The number of benzene rings is 2. The van der Waals surface area contributed by atoms with E-state index in [1.165, 1.54) is 29.0 Å². The zero-order valence-corrected chi connectivity index (χ0v) is 19.8. The van der Waals surface area contributed by atoms with Crippen LogP contribution in [0.3, 0.4) is 0 Å². The summed E-state index contributed by atoms with van der Waals surface area (Å²) < 4.78 is 3.00. The van der Waals surface area contributed by atoms with Crippen LogP contribution < -0.4 is 5.32 Å². The third kappa shape index (κ3) is 6.62. The van der Waals surface area contributed by atoms with Crippen molar-refractivity contribution in [3.63, 3.8) is 0 Å². The minimum absolute atomic E-state index is 0.135. The average molecular weight is 537 g/mol. The number of hydrogen-bond acceptors (Lipinski definition) is 6. The number of nitrogens with one attached hydrogen (secondary N) is 1. The highest BCUT2D eigenvalue weighted by Gasteiger charge is 2.29. The summed E-state index contributed by atoms with van der Waals surface area (Å²) in [5.74, 6) is 0. The van der Waals surface area contributed by atoms with E-state index in [9.17, 15) is 14.9 Å². The highest BCUT2D eigenvalue weighted by atomic mass is 35.6. The van der Waals surface area contributed by atoms with Crippen molar-refractivity contribution in [2.75, 3.05) is 11.9 Å². The van der Waals surface area contributed by atoms with Gasteiger partial charge in [-0.3, -0.25) is 15.4 Å². The SMILES string of the molecule is CCOC(=O)Nc1c(SSc2ccc([N+](=O)[O-])cc2C(Cl)(Cl)Cl)ccc(Cl)c1Cl. The number of alkyl halides is 3. The lowest BCUT2D eigenvalue weighted by Crippen LogP contribution is -2.14. The van der Waals surface area contributed by atoms with Crippen LogP contribution in [-0.4, -0.2) is 17.6 Å². The van der Waals surface area contributed by atoms with E-state index >= 15 is 0 Å². The molecule has 2 aromatic rings. The smallest absolute Gasteiger partial charge is 0.411 e. The summed E-state index contributed by atoms with van der Waals surface area (Å²) in [6.45, 7) is 1.84. The number of anilines is 1. The molecule has 1 amide bonds. The zero-order chi connectivity index (χ0) is 21.8. The van der Waals surface area contributed by atoms with Crippen LogP contribution in [0.1, 0.15) is 12.5 Å². The second-order valence-corrected chi connectivity index (χ2v) is 10.5. The normalized spacial score (nSPS) is 11.2. The summed E-state index contributed by atoms with van der Waals surface area (Å²) in [5, 5.41) is 13.9. The first-order valence-electron chi connectivity index (χ1n) is 7.66. The number of non-ortho nitro benzene ring substituents is 1. The third-order valence-corrected chi connectivity index (χ3v) is 7.14. The third-order valence-electron chi connectivity index (χ3n) is 3.26. The van der Waals surface area contributed by atoms with E-state index in [-0.39, 0.29) is 33.6 Å². The second kappa shape index (κ2) is 10.5. The summed E-state index contributed by atoms with van der Waals surface area (Å²) in [7, 11) is 2.35. The number of nitrogens with zero attached hydrogens (tertiary/aromatic N) is 1. The molecule has 0 bridgehead atoms. The predicted molar refractivity (Wildman–Crippen MR) is 121 cm³/mol. The molecule has 6 nitrogen and oxygen atoms in total. The number of amides is 1. The molecule has 0 atom stereocenters. The number of nitro benzene ring substituents is 1. The topological polar surface area (TPSA) is 81.5 Å². The van der Waals surface area contributed by atoms with Crippen molar-refractivity contribution in [1.82, 2.24) is 0 Å². The standard InChI is InChI=1S/C16H11Cl5N2O4S2/c1-2-27-15(24)22-14-12(6-4-10(17)13(14)18)29-28-11-5-3-8(23(25)26)7-9(11)16(19,20)21/h3-7H,2H2,1H3,(H,22,24). The van der Waals surface area contributed by atoms with Gasteiger partial charge in [0.1, 0.15) is 0 Å². The maximum Gasteiger partial charge on any atom is 0.411 e. The molecule has 0 spiro atoms. The molecule has 13 heteroatoms. The van der Waals surface area contributed by atoms with Crippen molar-refractivity contribution in [3.8, 4) is 0 Å². The van der Waals surface area contributed by atoms with Crippen molar-refractivity contribution < 1.29 is 14.5 Å². The molecular formula is C16H11Cl5N2O4S2. The van der Waals surface area contributed by atoms with Crippen LogP contribution in [0.5, 0.6) is 0 Å². The van der Waals surface area contributed by atoms with E-state index in [2.05, 4.69) is 5.32 Å². The van der Waals surface area contributed by atoms with Gasteiger partial charge in [-0.25, -0.2) is 4.79 Å². The zero-order valence-electron chi connectivity index (χ0n) is 14.4. The van der Waals surface area contributed by atoms with E-state index in [1.54, 1.807) is 19.1 Å². The van der Waals surface area contributed by atoms with Gasteiger partial charge in [-0.05, 0) is 25.1 Å². The van der Waals surface area contributed by atoms with E-state index in [4.69, 9.17) is 62.7 Å². The molecule has 0 saturated heterocycles. The molecule has 29 heavy (non-hydrogen) atoms.